The molecule has 0 spiro atoms. The molecule has 3 rings (SSSR count). The van der Waals surface area contributed by atoms with E-state index in [2.05, 4.69) is 5.32 Å². The number of rotatable bonds is 2. The van der Waals surface area contributed by atoms with Gasteiger partial charge < -0.3 is 29.9 Å². The fraction of sp³-hybridized carbons (Fsp3) is 0.462. The first-order chi connectivity index (χ1) is 9.67. The summed E-state index contributed by atoms with van der Waals surface area (Å²) in [5, 5.41) is 21.5. The number of nitrogens with one attached hydrogen (secondary N) is 1. The Morgan fingerprint density at radius 2 is 2.20 bits per heavy atom. The lowest BCUT2D eigenvalue weighted by molar-refractivity contribution is 0.164. The predicted octanol–water partition coefficient (Wildman–Crippen LogP) is 0.375. The number of anilines is 1. The van der Waals surface area contributed by atoms with E-state index in [0.717, 1.165) is 0 Å². The molecule has 0 unspecified atom stereocenters. The number of fused-ring (bicyclic) bond motifs is 1. The van der Waals surface area contributed by atoms with Crippen LogP contribution in [-0.2, 0) is 0 Å². The molecule has 2 amide bonds. The van der Waals surface area contributed by atoms with Crippen LogP contribution in [0.3, 0.4) is 0 Å². The highest BCUT2D eigenvalue weighted by Gasteiger charge is 2.33. The minimum atomic E-state index is -0.588. The van der Waals surface area contributed by atoms with Crippen LogP contribution in [0, 0.1) is 0 Å². The molecular formula is C13H16N2O5. The third-order valence-corrected chi connectivity index (χ3v) is 3.49. The van der Waals surface area contributed by atoms with E-state index < -0.39 is 6.10 Å². The van der Waals surface area contributed by atoms with Crippen molar-refractivity contribution in [2.75, 3.05) is 25.3 Å². The number of carbonyl (C=O) groups excluding carboxylic acids is 1. The Hall–Kier alpha value is -1.99. The van der Waals surface area contributed by atoms with Gasteiger partial charge in [0.25, 0.3) is 0 Å². The van der Waals surface area contributed by atoms with Gasteiger partial charge in [-0.2, -0.15) is 0 Å². The molecule has 1 aromatic carbocycles. The minimum Gasteiger partial charge on any atom is -0.454 e. The van der Waals surface area contributed by atoms with Crippen LogP contribution in [-0.4, -0.2) is 53.2 Å². The molecule has 108 valence electrons. The first-order valence-corrected chi connectivity index (χ1v) is 6.43. The summed E-state index contributed by atoms with van der Waals surface area (Å²) in [5.74, 6) is 1.23. The highest BCUT2D eigenvalue weighted by molar-refractivity contribution is 5.90. The number of urea groups is 1. The van der Waals surface area contributed by atoms with Crippen molar-refractivity contribution in [2.24, 2.45) is 0 Å². The molecule has 0 aromatic heterocycles. The van der Waals surface area contributed by atoms with Gasteiger partial charge in [-0.1, -0.05) is 0 Å². The van der Waals surface area contributed by atoms with Crippen LogP contribution in [0.4, 0.5) is 10.5 Å². The van der Waals surface area contributed by atoms with E-state index in [-0.39, 0.29) is 32.0 Å². The third-order valence-electron chi connectivity index (χ3n) is 3.49. The minimum absolute atomic E-state index is 0.161. The number of β-amino-alcohol motifs (C(OH)–C–C–N with tert-alkyl or cyclic N) is 1. The Morgan fingerprint density at radius 1 is 1.40 bits per heavy atom. The lowest BCUT2D eigenvalue weighted by Crippen LogP contribution is -2.40. The number of hydrogen-bond donors (Lipinski definition) is 3. The molecule has 1 fully saturated rings. The largest absolute Gasteiger partial charge is 0.454 e. The number of likely N-dealkylation sites (tertiary alicyclic amines) is 1. The van der Waals surface area contributed by atoms with Crippen molar-refractivity contribution >= 4 is 11.7 Å². The number of aliphatic hydroxyl groups excluding tert-OH is 2. The summed E-state index contributed by atoms with van der Waals surface area (Å²) in [7, 11) is 0. The van der Waals surface area contributed by atoms with E-state index in [9.17, 15) is 15.0 Å². The van der Waals surface area contributed by atoms with Gasteiger partial charge in [0.05, 0.1) is 18.8 Å². The molecule has 7 heteroatoms. The second-order valence-electron chi connectivity index (χ2n) is 4.88. The quantitative estimate of drug-likeness (QED) is 0.728. The van der Waals surface area contributed by atoms with Gasteiger partial charge in [0, 0.05) is 18.3 Å². The number of aliphatic hydroxyl groups is 2. The van der Waals surface area contributed by atoms with Gasteiger partial charge in [-0.05, 0) is 18.6 Å². The van der Waals surface area contributed by atoms with Gasteiger partial charge >= 0.3 is 6.03 Å². The standard InChI is InChI=1S/C13H16N2O5/c16-6-9-4-10(17)5-15(9)13(18)14-8-1-2-11-12(3-8)20-7-19-11/h1-3,9-10,16-17H,4-7H2,(H,14,18)/t9-,10+/m0/s1. The normalized spacial score (nSPS) is 24.0. The summed E-state index contributed by atoms with van der Waals surface area (Å²) >= 11 is 0. The zero-order valence-corrected chi connectivity index (χ0v) is 10.8. The molecule has 2 aliphatic heterocycles. The Balaban J connectivity index is 1.69. The number of benzene rings is 1. The molecule has 0 aliphatic carbocycles. The molecule has 3 N–H and O–H groups in total. The monoisotopic (exact) mass is 280 g/mol. The molecule has 0 saturated carbocycles. The summed E-state index contributed by atoms with van der Waals surface area (Å²) in [6.45, 7) is 0.241. The van der Waals surface area contributed by atoms with Crippen molar-refractivity contribution < 1.29 is 24.5 Å². The lowest BCUT2D eigenvalue weighted by atomic mass is 10.2. The zero-order valence-electron chi connectivity index (χ0n) is 10.8. The molecule has 0 radical (unpaired) electrons. The van der Waals surface area contributed by atoms with Crippen LogP contribution in [0.25, 0.3) is 0 Å². The van der Waals surface area contributed by atoms with E-state index >= 15 is 0 Å². The molecule has 1 saturated heterocycles. The molecule has 1 aromatic rings. The van der Waals surface area contributed by atoms with Gasteiger partial charge in [0.1, 0.15) is 0 Å². The maximum absolute atomic E-state index is 12.2. The second kappa shape index (κ2) is 5.18. The Labute approximate surface area is 115 Å². The van der Waals surface area contributed by atoms with Gasteiger partial charge in [-0.3, -0.25) is 0 Å². The van der Waals surface area contributed by atoms with Gasteiger partial charge in [0.15, 0.2) is 11.5 Å². The van der Waals surface area contributed by atoms with Crippen molar-refractivity contribution in [3.05, 3.63) is 18.2 Å². The first kappa shape index (κ1) is 13.0. The lowest BCUT2D eigenvalue weighted by Gasteiger charge is -2.23. The second-order valence-corrected chi connectivity index (χ2v) is 4.88. The fourth-order valence-corrected chi connectivity index (χ4v) is 2.48. The molecule has 2 atom stereocenters. The van der Waals surface area contributed by atoms with Crippen molar-refractivity contribution in [3.63, 3.8) is 0 Å². The van der Waals surface area contributed by atoms with Crippen molar-refractivity contribution in [1.29, 1.82) is 0 Å². The third kappa shape index (κ3) is 2.37. The Bertz CT molecular complexity index is 521. The van der Waals surface area contributed by atoms with Crippen LogP contribution in [0.1, 0.15) is 6.42 Å². The summed E-state index contributed by atoms with van der Waals surface area (Å²) in [6.07, 6.45) is -0.194. The molecular weight excluding hydrogens is 264 g/mol. The van der Waals surface area contributed by atoms with Gasteiger partial charge in [-0.25, -0.2) is 4.79 Å². The topological polar surface area (TPSA) is 91.3 Å². The molecule has 2 aliphatic rings. The van der Waals surface area contributed by atoms with Gasteiger partial charge in [-0.15, -0.1) is 0 Å². The van der Waals surface area contributed by atoms with Gasteiger partial charge in [0.2, 0.25) is 6.79 Å². The average Bonchev–Trinajstić information content (AvgIpc) is 3.03. The highest BCUT2D eigenvalue weighted by atomic mass is 16.7. The van der Waals surface area contributed by atoms with Crippen LogP contribution in [0.5, 0.6) is 11.5 Å². The molecule has 2 heterocycles. The SMILES string of the molecule is O=C(Nc1ccc2c(c1)OCO2)N1C[C@H](O)C[C@H]1CO. The number of carbonyl (C=O) groups is 1. The fourth-order valence-electron chi connectivity index (χ4n) is 2.48. The highest BCUT2D eigenvalue weighted by Crippen LogP contribution is 2.34. The Morgan fingerprint density at radius 3 is 3.00 bits per heavy atom. The predicted molar refractivity (Wildman–Crippen MR) is 69.8 cm³/mol. The van der Waals surface area contributed by atoms with Crippen LogP contribution >= 0.6 is 0 Å². The first-order valence-electron chi connectivity index (χ1n) is 6.43. The van der Waals surface area contributed by atoms with Crippen LogP contribution in [0.15, 0.2) is 18.2 Å². The number of hydrogen-bond acceptors (Lipinski definition) is 5. The van der Waals surface area contributed by atoms with E-state index in [4.69, 9.17) is 9.47 Å². The maximum atomic E-state index is 12.2. The smallest absolute Gasteiger partial charge is 0.322 e. The van der Waals surface area contributed by atoms with E-state index in [1.807, 2.05) is 0 Å². The van der Waals surface area contributed by atoms with Crippen molar-refractivity contribution in [2.45, 2.75) is 18.6 Å². The van der Waals surface area contributed by atoms with Crippen LogP contribution in [0.2, 0.25) is 0 Å². The van der Waals surface area contributed by atoms with Crippen LogP contribution < -0.4 is 14.8 Å². The van der Waals surface area contributed by atoms with Crippen molar-refractivity contribution in [3.8, 4) is 11.5 Å². The number of amides is 2. The summed E-state index contributed by atoms with van der Waals surface area (Å²) < 4.78 is 10.4. The number of ether oxygens (including phenoxy) is 2. The van der Waals surface area contributed by atoms with E-state index in [1.54, 1.807) is 18.2 Å². The molecule has 0 bridgehead atoms. The zero-order chi connectivity index (χ0) is 14.1. The van der Waals surface area contributed by atoms with E-state index in [1.165, 1.54) is 4.90 Å². The molecule has 7 nitrogen and oxygen atoms in total. The van der Waals surface area contributed by atoms with Crippen molar-refractivity contribution in [1.82, 2.24) is 4.90 Å². The Kier molecular flexibility index (Phi) is 3.37. The number of nitrogens with zero attached hydrogens (tertiary/aromatic N) is 1. The summed E-state index contributed by atoms with van der Waals surface area (Å²) in [4.78, 5) is 13.6. The molecule has 20 heavy (non-hydrogen) atoms. The maximum Gasteiger partial charge on any atom is 0.322 e. The summed E-state index contributed by atoms with van der Waals surface area (Å²) in [5.41, 5.74) is 0.581. The average molecular weight is 280 g/mol. The summed E-state index contributed by atoms with van der Waals surface area (Å²) in [6, 6.07) is 4.42. The van der Waals surface area contributed by atoms with E-state index in [0.29, 0.717) is 23.6 Å².